The van der Waals surface area contributed by atoms with Crippen LogP contribution < -0.4 is 0 Å². The summed E-state index contributed by atoms with van der Waals surface area (Å²) in [4.78, 5) is 8.83. The van der Waals surface area contributed by atoms with Crippen LogP contribution in [0, 0.1) is 12.8 Å². The quantitative estimate of drug-likeness (QED) is 0.907. The van der Waals surface area contributed by atoms with Gasteiger partial charge in [0.15, 0.2) is 0 Å². The molecule has 1 atom stereocenters. The highest BCUT2D eigenvalue weighted by Crippen LogP contribution is 2.23. The summed E-state index contributed by atoms with van der Waals surface area (Å²) in [5.41, 5.74) is 3.36. The van der Waals surface area contributed by atoms with E-state index in [-0.39, 0.29) is 0 Å². The van der Waals surface area contributed by atoms with E-state index in [4.69, 9.17) is 0 Å². The molecule has 8 heteroatoms. The van der Waals surface area contributed by atoms with Crippen molar-refractivity contribution < 1.29 is 8.42 Å². The maximum absolute atomic E-state index is 11.6. The number of sulfonamides is 1. The van der Waals surface area contributed by atoms with Crippen molar-refractivity contribution in [3.05, 3.63) is 29.8 Å². The van der Waals surface area contributed by atoms with Crippen LogP contribution in [0.15, 0.2) is 18.5 Å². The summed E-state index contributed by atoms with van der Waals surface area (Å²) in [5, 5.41) is 7.08. The molecule has 22 heavy (non-hydrogen) atoms. The van der Waals surface area contributed by atoms with Crippen molar-refractivity contribution in [2.45, 2.75) is 19.8 Å². The zero-order valence-corrected chi connectivity index (χ0v) is 13.5. The summed E-state index contributed by atoms with van der Waals surface area (Å²) in [6.45, 7) is 3.09. The molecule has 2 aromatic rings. The molecule has 1 fully saturated rings. The molecule has 1 aliphatic heterocycles. The monoisotopic (exact) mass is 321 g/mol. The molecule has 0 aromatic carbocycles. The Balaban J connectivity index is 1.72. The van der Waals surface area contributed by atoms with Gasteiger partial charge >= 0.3 is 0 Å². The van der Waals surface area contributed by atoms with E-state index in [2.05, 4.69) is 20.2 Å². The first-order valence-corrected chi connectivity index (χ1v) is 9.05. The fourth-order valence-corrected chi connectivity index (χ4v) is 3.66. The van der Waals surface area contributed by atoms with Crippen LogP contribution in [0.5, 0.6) is 0 Å². The van der Waals surface area contributed by atoms with Gasteiger partial charge in [-0.15, -0.1) is 0 Å². The number of aryl methyl sites for hydroxylation is 1. The smallest absolute Gasteiger partial charge is 0.211 e. The number of rotatable bonds is 4. The average molecular weight is 321 g/mol. The third-order valence-electron chi connectivity index (χ3n) is 3.87. The SMILES string of the molecule is Cc1cc(-c2cncc(C[C@H]3CCN(S(C)(=O)=O)C3)n2)n[nH]1. The Hall–Kier alpha value is -1.80. The highest BCUT2D eigenvalue weighted by molar-refractivity contribution is 7.88. The second-order valence-electron chi connectivity index (χ2n) is 5.81. The molecular weight excluding hydrogens is 302 g/mol. The van der Waals surface area contributed by atoms with Gasteiger partial charge in [-0.2, -0.15) is 5.10 Å². The number of aromatic nitrogens is 4. The van der Waals surface area contributed by atoms with Crippen molar-refractivity contribution in [3.63, 3.8) is 0 Å². The lowest BCUT2D eigenvalue weighted by molar-refractivity contribution is 0.459. The van der Waals surface area contributed by atoms with Crippen LogP contribution in [0.3, 0.4) is 0 Å². The van der Waals surface area contributed by atoms with Gasteiger partial charge in [0.05, 0.1) is 18.1 Å². The number of hydrogen-bond donors (Lipinski definition) is 1. The molecule has 1 N–H and O–H groups in total. The summed E-state index contributed by atoms with van der Waals surface area (Å²) in [7, 11) is -3.09. The van der Waals surface area contributed by atoms with Gasteiger partial charge in [-0.1, -0.05) is 0 Å². The van der Waals surface area contributed by atoms with E-state index in [0.717, 1.165) is 35.6 Å². The fraction of sp³-hybridized carbons (Fsp3) is 0.500. The molecule has 0 unspecified atom stereocenters. The van der Waals surface area contributed by atoms with Gasteiger partial charge in [0, 0.05) is 25.0 Å². The van der Waals surface area contributed by atoms with E-state index in [1.54, 1.807) is 12.4 Å². The van der Waals surface area contributed by atoms with Gasteiger partial charge in [0.1, 0.15) is 11.4 Å². The molecular formula is C14H19N5O2S. The van der Waals surface area contributed by atoms with Crippen LogP contribution in [0.2, 0.25) is 0 Å². The summed E-state index contributed by atoms with van der Waals surface area (Å²) in [5.74, 6) is 0.292. The second-order valence-corrected chi connectivity index (χ2v) is 7.79. The van der Waals surface area contributed by atoms with Crippen LogP contribution in [0.4, 0.5) is 0 Å². The lowest BCUT2D eigenvalue weighted by Gasteiger charge is -2.13. The standard InChI is InChI=1S/C14H19N5O2S/c1-10-5-13(18-17-10)14-8-15-7-12(16-14)6-11-3-4-19(9-11)22(2,20)21/h5,7-8,11H,3-4,6,9H2,1-2H3,(H,17,18)/t11-/m1/s1. The van der Waals surface area contributed by atoms with Crippen LogP contribution in [0.25, 0.3) is 11.4 Å². The van der Waals surface area contributed by atoms with Gasteiger partial charge in [0.25, 0.3) is 0 Å². The van der Waals surface area contributed by atoms with E-state index in [0.29, 0.717) is 19.0 Å². The number of hydrogen-bond acceptors (Lipinski definition) is 5. The third-order valence-corrected chi connectivity index (χ3v) is 5.14. The Kier molecular flexibility index (Phi) is 3.96. The molecule has 118 valence electrons. The van der Waals surface area contributed by atoms with Crippen molar-refractivity contribution in [1.82, 2.24) is 24.5 Å². The van der Waals surface area contributed by atoms with E-state index in [1.807, 2.05) is 13.0 Å². The number of nitrogens with one attached hydrogen (secondary N) is 1. The van der Waals surface area contributed by atoms with Crippen molar-refractivity contribution in [1.29, 1.82) is 0 Å². The van der Waals surface area contributed by atoms with Crippen molar-refractivity contribution in [3.8, 4) is 11.4 Å². The Morgan fingerprint density at radius 2 is 2.18 bits per heavy atom. The molecule has 0 aliphatic carbocycles. The fourth-order valence-electron chi connectivity index (χ4n) is 2.74. The normalized spacial score (nSPS) is 19.6. The summed E-state index contributed by atoms with van der Waals surface area (Å²) in [6, 6.07) is 1.93. The molecule has 0 saturated carbocycles. The molecule has 3 heterocycles. The summed E-state index contributed by atoms with van der Waals surface area (Å²) < 4.78 is 24.7. The van der Waals surface area contributed by atoms with Gasteiger partial charge in [-0.25, -0.2) is 17.7 Å². The Bertz CT molecular complexity index is 771. The summed E-state index contributed by atoms with van der Waals surface area (Å²) >= 11 is 0. The maximum Gasteiger partial charge on any atom is 0.211 e. The second kappa shape index (κ2) is 5.77. The number of nitrogens with zero attached hydrogens (tertiary/aromatic N) is 4. The van der Waals surface area contributed by atoms with Crippen molar-refractivity contribution >= 4 is 10.0 Å². The zero-order valence-electron chi connectivity index (χ0n) is 12.7. The lowest BCUT2D eigenvalue weighted by Crippen LogP contribution is -2.27. The number of H-pyrrole nitrogens is 1. The minimum Gasteiger partial charge on any atom is -0.282 e. The Morgan fingerprint density at radius 1 is 1.36 bits per heavy atom. The van der Waals surface area contributed by atoms with Crippen LogP contribution >= 0.6 is 0 Å². The first-order chi connectivity index (χ1) is 10.4. The molecule has 1 aliphatic rings. The van der Waals surface area contributed by atoms with E-state index < -0.39 is 10.0 Å². The predicted molar refractivity (Wildman–Crippen MR) is 82.6 cm³/mol. The van der Waals surface area contributed by atoms with Crippen molar-refractivity contribution in [2.75, 3.05) is 19.3 Å². The average Bonchev–Trinajstić information content (AvgIpc) is 3.08. The van der Waals surface area contributed by atoms with Crippen molar-refractivity contribution in [2.24, 2.45) is 5.92 Å². The molecule has 3 rings (SSSR count). The van der Waals surface area contributed by atoms with E-state index in [9.17, 15) is 8.42 Å². The van der Waals surface area contributed by atoms with Crippen LogP contribution in [0.1, 0.15) is 17.8 Å². The van der Waals surface area contributed by atoms with Crippen LogP contribution in [-0.2, 0) is 16.4 Å². The number of aromatic amines is 1. The molecule has 0 spiro atoms. The highest BCUT2D eigenvalue weighted by Gasteiger charge is 2.28. The molecule has 7 nitrogen and oxygen atoms in total. The molecule has 0 radical (unpaired) electrons. The first-order valence-electron chi connectivity index (χ1n) is 7.20. The Morgan fingerprint density at radius 3 is 2.82 bits per heavy atom. The van der Waals surface area contributed by atoms with Gasteiger partial charge in [0.2, 0.25) is 10.0 Å². The van der Waals surface area contributed by atoms with Gasteiger partial charge in [-0.3, -0.25) is 10.1 Å². The minimum absolute atomic E-state index is 0.292. The first kappa shape index (κ1) is 15.1. The predicted octanol–water partition coefficient (Wildman–Crippen LogP) is 0.999. The molecule has 0 amide bonds. The molecule has 0 bridgehead atoms. The van der Waals surface area contributed by atoms with Gasteiger partial charge < -0.3 is 0 Å². The highest BCUT2D eigenvalue weighted by atomic mass is 32.2. The van der Waals surface area contributed by atoms with Gasteiger partial charge in [-0.05, 0) is 31.7 Å². The maximum atomic E-state index is 11.6. The topological polar surface area (TPSA) is 91.8 Å². The third kappa shape index (κ3) is 3.33. The minimum atomic E-state index is -3.09. The van der Waals surface area contributed by atoms with Crippen LogP contribution in [-0.4, -0.2) is 52.2 Å². The largest absolute Gasteiger partial charge is 0.282 e. The van der Waals surface area contributed by atoms with E-state index in [1.165, 1.54) is 10.6 Å². The zero-order chi connectivity index (χ0) is 15.7. The summed E-state index contributed by atoms with van der Waals surface area (Å²) in [6.07, 6.45) is 6.29. The molecule has 2 aromatic heterocycles. The molecule has 1 saturated heterocycles. The Labute approximate surface area is 129 Å². The lowest BCUT2D eigenvalue weighted by atomic mass is 10.0. The van der Waals surface area contributed by atoms with E-state index >= 15 is 0 Å².